The zero-order valence-corrected chi connectivity index (χ0v) is 9.73. The lowest BCUT2D eigenvalue weighted by atomic mass is 10.2. The summed E-state index contributed by atoms with van der Waals surface area (Å²) in [5.41, 5.74) is 0.584. The van der Waals surface area contributed by atoms with E-state index in [1.807, 2.05) is 6.26 Å². The zero-order chi connectivity index (χ0) is 11.1. The number of hydrogen-bond acceptors (Lipinski definition) is 4. The summed E-state index contributed by atoms with van der Waals surface area (Å²) < 4.78 is 0. The van der Waals surface area contributed by atoms with Crippen LogP contribution in [0.1, 0.15) is 10.4 Å². The van der Waals surface area contributed by atoms with E-state index in [0.717, 1.165) is 5.75 Å². The second-order valence-electron chi connectivity index (χ2n) is 2.90. The van der Waals surface area contributed by atoms with E-state index in [4.69, 9.17) is 0 Å². The Balaban J connectivity index is 2.64. The van der Waals surface area contributed by atoms with Gasteiger partial charge in [0.05, 0.1) is 5.56 Å². The molecule has 0 saturated heterocycles. The first-order valence-electron chi connectivity index (χ1n) is 4.69. The molecule has 0 fully saturated rings. The molecule has 0 aliphatic rings. The van der Waals surface area contributed by atoms with Gasteiger partial charge < -0.3 is 10.6 Å². The molecule has 2 N–H and O–H groups in total. The average molecular weight is 225 g/mol. The summed E-state index contributed by atoms with van der Waals surface area (Å²) in [6.45, 7) is 0.679. The van der Waals surface area contributed by atoms with Crippen molar-refractivity contribution in [1.82, 2.24) is 10.3 Å². The lowest BCUT2D eigenvalue weighted by Crippen LogP contribution is -2.26. The van der Waals surface area contributed by atoms with Crippen molar-refractivity contribution < 1.29 is 4.79 Å². The van der Waals surface area contributed by atoms with Crippen molar-refractivity contribution in [2.24, 2.45) is 0 Å². The molecule has 0 unspecified atom stereocenters. The quantitative estimate of drug-likeness (QED) is 0.740. The smallest absolute Gasteiger partial charge is 0.255 e. The van der Waals surface area contributed by atoms with Crippen molar-refractivity contribution in [3.63, 3.8) is 0 Å². The fourth-order valence-corrected chi connectivity index (χ4v) is 1.46. The van der Waals surface area contributed by atoms with Crippen LogP contribution in [0.4, 0.5) is 5.82 Å². The third-order valence-electron chi connectivity index (χ3n) is 1.88. The topological polar surface area (TPSA) is 54.0 Å². The Morgan fingerprint density at radius 2 is 2.40 bits per heavy atom. The number of nitrogens with zero attached hydrogens (tertiary/aromatic N) is 1. The third-order valence-corrected chi connectivity index (χ3v) is 2.49. The molecule has 1 rings (SSSR count). The molecule has 0 saturated carbocycles. The van der Waals surface area contributed by atoms with E-state index < -0.39 is 0 Å². The van der Waals surface area contributed by atoms with Crippen molar-refractivity contribution >= 4 is 23.5 Å². The number of rotatable bonds is 5. The van der Waals surface area contributed by atoms with Crippen LogP contribution in [0.15, 0.2) is 18.3 Å². The van der Waals surface area contributed by atoms with Gasteiger partial charge in [0.1, 0.15) is 5.82 Å². The van der Waals surface area contributed by atoms with Crippen LogP contribution in [0.3, 0.4) is 0 Å². The van der Waals surface area contributed by atoms with Gasteiger partial charge in [-0.1, -0.05) is 0 Å². The van der Waals surface area contributed by atoms with Crippen LogP contribution in [0.25, 0.3) is 0 Å². The van der Waals surface area contributed by atoms with E-state index >= 15 is 0 Å². The Morgan fingerprint density at radius 1 is 1.60 bits per heavy atom. The van der Waals surface area contributed by atoms with E-state index in [-0.39, 0.29) is 5.91 Å². The lowest BCUT2D eigenvalue weighted by molar-refractivity contribution is 0.0956. The van der Waals surface area contributed by atoms with E-state index in [9.17, 15) is 4.79 Å². The number of carbonyl (C=O) groups excluding carboxylic acids is 1. The minimum Gasteiger partial charge on any atom is -0.372 e. The predicted octanol–water partition coefficient (Wildman–Crippen LogP) is 1.22. The second-order valence-corrected chi connectivity index (χ2v) is 3.88. The summed E-state index contributed by atoms with van der Waals surface area (Å²) in [6, 6.07) is 3.51. The molecule has 1 amide bonds. The predicted molar refractivity (Wildman–Crippen MR) is 64.5 cm³/mol. The highest BCUT2D eigenvalue weighted by Gasteiger charge is 2.09. The summed E-state index contributed by atoms with van der Waals surface area (Å²) in [6.07, 6.45) is 3.67. The van der Waals surface area contributed by atoms with Crippen LogP contribution < -0.4 is 10.6 Å². The van der Waals surface area contributed by atoms with Crippen molar-refractivity contribution in [3.8, 4) is 0 Å². The van der Waals surface area contributed by atoms with Gasteiger partial charge in [-0.05, 0) is 18.4 Å². The molecule has 0 aromatic carbocycles. The Bertz CT molecular complexity index is 330. The number of hydrogen-bond donors (Lipinski definition) is 2. The molecule has 0 aliphatic carbocycles. The number of amides is 1. The number of thioether (sulfide) groups is 1. The first kappa shape index (κ1) is 11.8. The molecule has 4 nitrogen and oxygen atoms in total. The van der Waals surface area contributed by atoms with E-state index in [1.54, 1.807) is 37.1 Å². The summed E-state index contributed by atoms with van der Waals surface area (Å²) >= 11 is 1.70. The van der Waals surface area contributed by atoms with Gasteiger partial charge in [0.25, 0.3) is 5.91 Å². The largest absolute Gasteiger partial charge is 0.372 e. The molecular weight excluding hydrogens is 210 g/mol. The molecule has 0 radical (unpaired) electrons. The van der Waals surface area contributed by atoms with Gasteiger partial charge in [0, 0.05) is 25.5 Å². The lowest BCUT2D eigenvalue weighted by Gasteiger charge is -2.07. The van der Waals surface area contributed by atoms with Gasteiger partial charge in [-0.25, -0.2) is 4.98 Å². The van der Waals surface area contributed by atoms with Crippen LogP contribution in [0.2, 0.25) is 0 Å². The van der Waals surface area contributed by atoms with Crippen LogP contribution in [-0.4, -0.2) is 36.5 Å². The minimum atomic E-state index is -0.0819. The third kappa shape index (κ3) is 3.43. The average Bonchev–Trinajstić information content (AvgIpc) is 2.29. The number of carbonyl (C=O) groups is 1. The standard InChI is InChI=1S/C10H15N3OS/c1-11-9-8(4-3-5-12-9)10(14)13-6-7-15-2/h3-5H,6-7H2,1-2H3,(H,11,12)(H,13,14). The highest BCUT2D eigenvalue weighted by Crippen LogP contribution is 2.09. The summed E-state index contributed by atoms with van der Waals surface area (Å²) in [4.78, 5) is 15.8. The summed E-state index contributed by atoms with van der Waals surface area (Å²) in [5, 5.41) is 5.72. The highest BCUT2D eigenvalue weighted by atomic mass is 32.2. The molecular formula is C10H15N3OS. The van der Waals surface area contributed by atoms with Crippen molar-refractivity contribution in [2.75, 3.05) is 30.9 Å². The van der Waals surface area contributed by atoms with Crippen LogP contribution in [0, 0.1) is 0 Å². The van der Waals surface area contributed by atoms with E-state index in [1.165, 1.54) is 0 Å². The fraction of sp³-hybridized carbons (Fsp3) is 0.400. The van der Waals surface area contributed by atoms with Crippen molar-refractivity contribution in [2.45, 2.75) is 0 Å². The maximum absolute atomic E-state index is 11.7. The van der Waals surface area contributed by atoms with Gasteiger partial charge in [-0.2, -0.15) is 11.8 Å². The number of anilines is 1. The van der Waals surface area contributed by atoms with Crippen LogP contribution in [-0.2, 0) is 0 Å². The van der Waals surface area contributed by atoms with Gasteiger partial charge in [0.2, 0.25) is 0 Å². The number of nitrogens with one attached hydrogen (secondary N) is 2. The first-order chi connectivity index (χ1) is 7.29. The van der Waals surface area contributed by atoms with Crippen molar-refractivity contribution in [3.05, 3.63) is 23.9 Å². The Kier molecular flexibility index (Phi) is 4.97. The first-order valence-corrected chi connectivity index (χ1v) is 6.09. The molecule has 82 valence electrons. The number of pyridine rings is 1. The van der Waals surface area contributed by atoms with Crippen LogP contribution in [0.5, 0.6) is 0 Å². The van der Waals surface area contributed by atoms with Gasteiger partial charge in [-0.3, -0.25) is 4.79 Å². The summed E-state index contributed by atoms with van der Waals surface area (Å²) in [5.74, 6) is 1.45. The monoisotopic (exact) mass is 225 g/mol. The molecule has 0 aliphatic heterocycles. The van der Waals surface area contributed by atoms with E-state index in [0.29, 0.717) is 17.9 Å². The minimum absolute atomic E-state index is 0.0819. The second kappa shape index (κ2) is 6.29. The SMILES string of the molecule is CNc1ncccc1C(=O)NCCSC. The Labute approximate surface area is 93.9 Å². The van der Waals surface area contributed by atoms with Gasteiger partial charge in [-0.15, -0.1) is 0 Å². The molecule has 0 atom stereocenters. The van der Waals surface area contributed by atoms with E-state index in [2.05, 4.69) is 15.6 Å². The molecule has 15 heavy (non-hydrogen) atoms. The molecule has 1 aromatic heterocycles. The normalized spacial score (nSPS) is 9.73. The van der Waals surface area contributed by atoms with Gasteiger partial charge >= 0.3 is 0 Å². The maximum atomic E-state index is 11.7. The molecule has 1 aromatic rings. The molecule has 5 heteroatoms. The summed E-state index contributed by atoms with van der Waals surface area (Å²) in [7, 11) is 1.75. The molecule has 1 heterocycles. The van der Waals surface area contributed by atoms with Gasteiger partial charge in [0.15, 0.2) is 0 Å². The highest BCUT2D eigenvalue weighted by molar-refractivity contribution is 7.98. The zero-order valence-electron chi connectivity index (χ0n) is 8.91. The van der Waals surface area contributed by atoms with Crippen molar-refractivity contribution in [1.29, 1.82) is 0 Å². The molecule has 0 bridgehead atoms. The molecule has 0 spiro atoms. The van der Waals surface area contributed by atoms with Crippen LogP contribution >= 0.6 is 11.8 Å². The number of aromatic nitrogens is 1. The Hall–Kier alpha value is -1.23. The maximum Gasteiger partial charge on any atom is 0.255 e. The fourth-order valence-electron chi connectivity index (χ4n) is 1.15. The Morgan fingerprint density at radius 3 is 3.07 bits per heavy atom.